The van der Waals surface area contributed by atoms with Gasteiger partial charge in [-0.25, -0.2) is 4.39 Å². The van der Waals surface area contributed by atoms with Gasteiger partial charge >= 0.3 is 6.18 Å². The Hall–Kier alpha value is -1.92. The maximum atomic E-state index is 12.7. The van der Waals surface area contributed by atoms with Gasteiger partial charge in [0.1, 0.15) is 19.0 Å². The molecule has 0 amide bonds. The summed E-state index contributed by atoms with van der Waals surface area (Å²) < 4.78 is 59.4. The number of benzene rings is 2. The first-order chi connectivity index (χ1) is 11.8. The molecule has 0 aromatic heterocycles. The second kappa shape index (κ2) is 8.45. The zero-order valence-electron chi connectivity index (χ0n) is 12.6. The first-order valence-corrected chi connectivity index (χ1v) is 7.74. The van der Waals surface area contributed by atoms with E-state index in [4.69, 9.17) is 32.7 Å². The molecule has 0 radical (unpaired) electrons. The van der Waals surface area contributed by atoms with Crippen LogP contribution in [0, 0.1) is 0 Å². The Kier molecular flexibility index (Phi) is 6.56. The summed E-state index contributed by atoms with van der Waals surface area (Å²) in [6.45, 7) is -0.387. The van der Waals surface area contributed by atoms with Crippen LogP contribution < -0.4 is 9.47 Å². The van der Waals surface area contributed by atoms with E-state index in [2.05, 4.69) is 0 Å². The number of ether oxygens (including phenoxy) is 2. The van der Waals surface area contributed by atoms with Crippen LogP contribution in [0.3, 0.4) is 0 Å². The fourth-order valence-electron chi connectivity index (χ4n) is 1.81. The standard InChI is InChI=1S/C17H12Cl2F4O2/c18-13-8-12(25-10-11-4-2-1-3-5-11)9-14(19)16(13)24-7-6-15(20)17(21,22)23/h1-6,8-9H,7,10H2. The van der Waals surface area contributed by atoms with Crippen molar-refractivity contribution in [1.82, 2.24) is 0 Å². The van der Waals surface area contributed by atoms with Gasteiger partial charge in [-0.2, -0.15) is 13.2 Å². The summed E-state index contributed by atoms with van der Waals surface area (Å²) in [5.41, 5.74) is 0.933. The summed E-state index contributed by atoms with van der Waals surface area (Å²) >= 11 is 12.0. The van der Waals surface area contributed by atoms with Gasteiger partial charge in [0.2, 0.25) is 5.83 Å². The first kappa shape index (κ1) is 19.4. The van der Waals surface area contributed by atoms with Crippen LogP contribution in [0.25, 0.3) is 0 Å². The molecular formula is C17H12Cl2F4O2. The highest BCUT2D eigenvalue weighted by Gasteiger charge is 2.34. The minimum Gasteiger partial charge on any atom is -0.489 e. The molecule has 0 aliphatic carbocycles. The topological polar surface area (TPSA) is 18.5 Å². The van der Waals surface area contributed by atoms with Gasteiger partial charge < -0.3 is 9.47 Å². The van der Waals surface area contributed by atoms with Crippen molar-refractivity contribution in [1.29, 1.82) is 0 Å². The fourth-order valence-corrected chi connectivity index (χ4v) is 2.39. The molecule has 0 unspecified atom stereocenters. The number of hydrogen-bond acceptors (Lipinski definition) is 2. The third-order valence-electron chi connectivity index (χ3n) is 2.98. The molecule has 0 N–H and O–H groups in total. The molecule has 0 bridgehead atoms. The van der Waals surface area contributed by atoms with E-state index in [1.54, 1.807) is 0 Å². The molecule has 0 spiro atoms. The molecule has 2 aromatic carbocycles. The van der Waals surface area contributed by atoms with Gasteiger partial charge in [0.05, 0.1) is 10.0 Å². The first-order valence-electron chi connectivity index (χ1n) is 6.99. The molecule has 0 aliphatic rings. The van der Waals surface area contributed by atoms with Gasteiger partial charge in [-0.05, 0) is 11.6 Å². The normalized spacial score (nSPS) is 12.2. The highest BCUT2D eigenvalue weighted by Crippen LogP contribution is 2.37. The van der Waals surface area contributed by atoms with Crippen LogP contribution in [0.5, 0.6) is 11.5 Å². The van der Waals surface area contributed by atoms with Gasteiger partial charge in [0.15, 0.2) is 5.75 Å². The minimum absolute atomic E-state index is 0.0383. The predicted molar refractivity (Wildman–Crippen MR) is 88.0 cm³/mol. The summed E-state index contributed by atoms with van der Waals surface area (Å²) in [4.78, 5) is 0. The molecule has 25 heavy (non-hydrogen) atoms. The Bertz CT molecular complexity index is 723. The highest BCUT2D eigenvalue weighted by atomic mass is 35.5. The number of hydrogen-bond donors (Lipinski definition) is 0. The molecule has 2 rings (SSSR count). The van der Waals surface area contributed by atoms with E-state index in [1.165, 1.54) is 12.1 Å². The van der Waals surface area contributed by atoms with Crippen LogP contribution in [-0.2, 0) is 6.61 Å². The van der Waals surface area contributed by atoms with Gasteiger partial charge in [0.25, 0.3) is 0 Å². The zero-order valence-corrected chi connectivity index (χ0v) is 14.1. The Morgan fingerprint density at radius 1 is 1.00 bits per heavy atom. The maximum Gasteiger partial charge on any atom is 0.442 e. The second-order valence-electron chi connectivity index (χ2n) is 4.85. The molecule has 134 valence electrons. The van der Waals surface area contributed by atoms with Gasteiger partial charge in [0, 0.05) is 12.1 Å². The van der Waals surface area contributed by atoms with Gasteiger partial charge in [-0.1, -0.05) is 53.5 Å². The van der Waals surface area contributed by atoms with Crippen LogP contribution in [0.15, 0.2) is 54.4 Å². The molecule has 0 aliphatic heterocycles. The van der Waals surface area contributed by atoms with Crippen molar-refractivity contribution in [2.24, 2.45) is 0 Å². The van der Waals surface area contributed by atoms with Crippen LogP contribution in [0.2, 0.25) is 10.0 Å². The van der Waals surface area contributed by atoms with Crippen molar-refractivity contribution in [2.75, 3.05) is 6.61 Å². The lowest BCUT2D eigenvalue weighted by molar-refractivity contribution is -0.109. The van der Waals surface area contributed by atoms with E-state index in [-0.39, 0.29) is 28.5 Å². The molecule has 2 nitrogen and oxygen atoms in total. The van der Waals surface area contributed by atoms with Crippen LogP contribution in [0.1, 0.15) is 5.56 Å². The van der Waals surface area contributed by atoms with Crippen molar-refractivity contribution >= 4 is 23.2 Å². The van der Waals surface area contributed by atoms with Crippen molar-refractivity contribution < 1.29 is 27.0 Å². The Labute approximate surface area is 151 Å². The lowest BCUT2D eigenvalue weighted by atomic mass is 10.2. The lowest BCUT2D eigenvalue weighted by Gasteiger charge is -2.12. The zero-order chi connectivity index (χ0) is 18.4. The summed E-state index contributed by atoms with van der Waals surface area (Å²) in [6.07, 6.45) is -4.79. The van der Waals surface area contributed by atoms with Crippen LogP contribution in [0.4, 0.5) is 17.6 Å². The smallest absolute Gasteiger partial charge is 0.442 e. The molecule has 0 heterocycles. The summed E-state index contributed by atoms with van der Waals surface area (Å²) in [5, 5.41) is 0.0766. The van der Waals surface area contributed by atoms with Crippen molar-refractivity contribution in [3.8, 4) is 11.5 Å². The maximum absolute atomic E-state index is 12.7. The Morgan fingerprint density at radius 3 is 2.16 bits per heavy atom. The van der Waals surface area contributed by atoms with E-state index >= 15 is 0 Å². The van der Waals surface area contributed by atoms with Crippen LogP contribution >= 0.6 is 23.2 Å². The lowest BCUT2D eigenvalue weighted by Crippen LogP contribution is -2.09. The predicted octanol–water partition coefficient (Wildman–Crippen LogP) is 6.37. The van der Waals surface area contributed by atoms with E-state index in [1.807, 2.05) is 30.3 Å². The molecular weight excluding hydrogens is 383 g/mol. The summed E-state index contributed by atoms with van der Waals surface area (Å²) in [6, 6.07) is 12.2. The Morgan fingerprint density at radius 2 is 1.60 bits per heavy atom. The molecule has 0 saturated carbocycles. The van der Waals surface area contributed by atoms with Crippen molar-refractivity contribution in [2.45, 2.75) is 12.8 Å². The molecule has 2 aromatic rings. The Balaban J connectivity index is 2.02. The van der Waals surface area contributed by atoms with E-state index in [0.717, 1.165) is 5.56 Å². The van der Waals surface area contributed by atoms with Gasteiger partial charge in [-0.15, -0.1) is 0 Å². The fraction of sp³-hybridized carbons (Fsp3) is 0.176. The molecule has 0 atom stereocenters. The average molecular weight is 395 g/mol. The largest absolute Gasteiger partial charge is 0.489 e. The molecule has 8 heteroatoms. The third kappa shape index (κ3) is 5.83. The molecule has 0 saturated heterocycles. The average Bonchev–Trinajstić information content (AvgIpc) is 2.55. The number of allylic oxidation sites excluding steroid dienone is 1. The quantitative estimate of drug-likeness (QED) is 0.530. The summed E-state index contributed by atoms with van der Waals surface area (Å²) in [7, 11) is 0. The van der Waals surface area contributed by atoms with Gasteiger partial charge in [-0.3, -0.25) is 0 Å². The second-order valence-corrected chi connectivity index (χ2v) is 5.67. The third-order valence-corrected chi connectivity index (χ3v) is 3.54. The van der Waals surface area contributed by atoms with Crippen LogP contribution in [-0.4, -0.2) is 12.8 Å². The SMILES string of the molecule is FC(=CCOc1c(Cl)cc(OCc2ccccc2)cc1Cl)C(F)(F)F. The number of halogens is 6. The van der Waals surface area contributed by atoms with E-state index < -0.39 is 18.6 Å². The summed E-state index contributed by atoms with van der Waals surface area (Å²) in [5.74, 6) is -1.94. The minimum atomic E-state index is -5.05. The van der Waals surface area contributed by atoms with E-state index in [9.17, 15) is 17.6 Å². The van der Waals surface area contributed by atoms with Crippen molar-refractivity contribution in [3.05, 3.63) is 70.0 Å². The molecule has 0 fully saturated rings. The van der Waals surface area contributed by atoms with Crippen molar-refractivity contribution in [3.63, 3.8) is 0 Å². The highest BCUT2D eigenvalue weighted by molar-refractivity contribution is 6.37. The number of rotatable bonds is 6. The van der Waals surface area contributed by atoms with E-state index in [0.29, 0.717) is 5.75 Å². The monoisotopic (exact) mass is 394 g/mol. The number of alkyl halides is 3.